The number of benzene rings is 1. The second-order valence-electron chi connectivity index (χ2n) is 7.68. The van der Waals surface area contributed by atoms with Gasteiger partial charge in [0.25, 0.3) is 5.91 Å². The van der Waals surface area contributed by atoms with Crippen molar-refractivity contribution in [2.24, 2.45) is 0 Å². The van der Waals surface area contributed by atoms with E-state index < -0.39 is 0 Å². The molecule has 7 nitrogen and oxygen atoms in total. The summed E-state index contributed by atoms with van der Waals surface area (Å²) in [4.78, 5) is 35.4. The van der Waals surface area contributed by atoms with Gasteiger partial charge in [0.15, 0.2) is 0 Å². The molecular weight excluding hydrogens is 366 g/mol. The average molecular weight is 393 g/mol. The molecule has 2 aliphatic heterocycles. The van der Waals surface area contributed by atoms with Crippen LogP contribution in [0.1, 0.15) is 22.5 Å². The predicted molar refractivity (Wildman–Crippen MR) is 112 cm³/mol. The number of likely N-dealkylation sites (tertiary alicyclic amines) is 1. The molecule has 2 aliphatic rings. The first-order valence-electron chi connectivity index (χ1n) is 10.2. The van der Waals surface area contributed by atoms with Gasteiger partial charge >= 0.3 is 6.03 Å². The fourth-order valence-corrected chi connectivity index (χ4v) is 3.91. The number of nitrogens with zero attached hydrogens (tertiary/aromatic N) is 4. The molecule has 1 aromatic heterocycles. The van der Waals surface area contributed by atoms with Crippen molar-refractivity contribution in [3.63, 3.8) is 0 Å². The van der Waals surface area contributed by atoms with Crippen molar-refractivity contribution in [1.29, 1.82) is 0 Å². The maximum atomic E-state index is 12.7. The highest BCUT2D eigenvalue weighted by Crippen LogP contribution is 2.17. The summed E-state index contributed by atoms with van der Waals surface area (Å²) < 4.78 is 0. The highest BCUT2D eigenvalue weighted by molar-refractivity contribution is 5.94. The number of aromatic nitrogens is 1. The summed E-state index contributed by atoms with van der Waals surface area (Å²) in [5, 5.41) is 3.11. The first kappa shape index (κ1) is 19.2. The first-order valence-corrected chi connectivity index (χ1v) is 10.2. The maximum Gasteiger partial charge on any atom is 0.317 e. The molecule has 1 N–H and O–H groups in total. The van der Waals surface area contributed by atoms with Gasteiger partial charge in [-0.2, -0.15) is 0 Å². The molecule has 0 spiro atoms. The Balaban J connectivity index is 1.25. The van der Waals surface area contributed by atoms with Crippen molar-refractivity contribution >= 4 is 17.6 Å². The van der Waals surface area contributed by atoms with Gasteiger partial charge in [-0.3, -0.25) is 9.78 Å². The molecular formula is C22H27N5O2. The minimum Gasteiger partial charge on any atom is -0.368 e. The molecule has 0 aliphatic carbocycles. The highest BCUT2D eigenvalue weighted by Gasteiger charge is 2.30. The summed E-state index contributed by atoms with van der Waals surface area (Å²) >= 11 is 0. The number of piperazine rings is 1. The number of carbonyl (C=O) groups excluding carboxylic acids is 2. The number of rotatable bonds is 3. The van der Waals surface area contributed by atoms with E-state index in [1.54, 1.807) is 11.1 Å². The van der Waals surface area contributed by atoms with Crippen LogP contribution in [0.3, 0.4) is 0 Å². The number of amides is 3. The van der Waals surface area contributed by atoms with Crippen molar-refractivity contribution in [1.82, 2.24) is 20.1 Å². The third-order valence-electron chi connectivity index (χ3n) is 5.65. The second-order valence-corrected chi connectivity index (χ2v) is 7.68. The van der Waals surface area contributed by atoms with Gasteiger partial charge in [-0.15, -0.1) is 0 Å². The van der Waals surface area contributed by atoms with E-state index in [0.717, 1.165) is 25.2 Å². The first-order chi connectivity index (χ1) is 14.1. The summed E-state index contributed by atoms with van der Waals surface area (Å²) in [7, 11) is 0. The molecule has 3 amide bonds. The molecule has 0 saturated carbocycles. The van der Waals surface area contributed by atoms with Crippen LogP contribution in [0.4, 0.5) is 10.5 Å². The van der Waals surface area contributed by atoms with Crippen LogP contribution in [-0.4, -0.2) is 72.0 Å². The number of aryl methyl sites for hydroxylation is 1. The van der Waals surface area contributed by atoms with Gasteiger partial charge < -0.3 is 20.0 Å². The van der Waals surface area contributed by atoms with Gasteiger partial charge in [-0.05, 0) is 37.6 Å². The summed E-state index contributed by atoms with van der Waals surface area (Å²) in [5.74, 6) is -0.0225. The lowest BCUT2D eigenvalue weighted by Gasteiger charge is -2.36. The third-order valence-corrected chi connectivity index (χ3v) is 5.65. The number of hydrogen-bond donors (Lipinski definition) is 1. The smallest absolute Gasteiger partial charge is 0.317 e. The summed E-state index contributed by atoms with van der Waals surface area (Å²) in [6.45, 7) is 6.15. The zero-order valence-electron chi connectivity index (χ0n) is 16.8. The lowest BCUT2D eigenvalue weighted by Crippen LogP contribution is -2.54. The van der Waals surface area contributed by atoms with Gasteiger partial charge in [-0.25, -0.2) is 4.79 Å². The van der Waals surface area contributed by atoms with Gasteiger partial charge in [0.1, 0.15) is 0 Å². The lowest BCUT2D eigenvalue weighted by molar-refractivity contribution is 0.0788. The Hall–Kier alpha value is -3.09. The molecule has 152 valence electrons. The summed E-state index contributed by atoms with van der Waals surface area (Å²) in [5.41, 5.74) is 2.68. The van der Waals surface area contributed by atoms with Gasteiger partial charge in [0, 0.05) is 62.9 Å². The molecule has 29 heavy (non-hydrogen) atoms. The molecule has 2 aromatic rings. The Kier molecular flexibility index (Phi) is 5.64. The van der Waals surface area contributed by atoms with E-state index in [9.17, 15) is 9.59 Å². The molecule has 2 saturated heterocycles. The summed E-state index contributed by atoms with van der Waals surface area (Å²) in [6, 6.07) is 13.9. The standard InChI is InChI=1S/C22H27N5O2/c1-17-7-8-18(15-23-17)21(28)27-10-9-19(16-27)24-22(29)26-13-11-25(12-14-26)20-5-3-2-4-6-20/h2-8,15,19H,9-14,16H2,1H3,(H,24,29). The van der Waals surface area contributed by atoms with E-state index in [1.807, 2.05) is 42.2 Å². The Morgan fingerprint density at radius 1 is 0.966 bits per heavy atom. The topological polar surface area (TPSA) is 68.8 Å². The van der Waals surface area contributed by atoms with Crippen LogP contribution in [0, 0.1) is 6.92 Å². The van der Waals surface area contributed by atoms with E-state index in [2.05, 4.69) is 27.3 Å². The zero-order chi connectivity index (χ0) is 20.2. The van der Waals surface area contributed by atoms with Crippen LogP contribution in [-0.2, 0) is 0 Å². The van der Waals surface area contributed by atoms with Gasteiger partial charge in [-0.1, -0.05) is 18.2 Å². The van der Waals surface area contributed by atoms with Crippen LogP contribution >= 0.6 is 0 Å². The maximum absolute atomic E-state index is 12.7. The number of nitrogens with one attached hydrogen (secondary N) is 1. The number of anilines is 1. The fraction of sp³-hybridized carbons (Fsp3) is 0.409. The van der Waals surface area contributed by atoms with Crippen molar-refractivity contribution in [2.75, 3.05) is 44.2 Å². The molecule has 2 fully saturated rings. The van der Waals surface area contributed by atoms with Crippen molar-refractivity contribution in [3.05, 3.63) is 59.9 Å². The van der Waals surface area contributed by atoms with E-state index in [1.165, 1.54) is 5.69 Å². The second kappa shape index (κ2) is 8.51. The van der Waals surface area contributed by atoms with E-state index in [-0.39, 0.29) is 18.0 Å². The molecule has 1 unspecified atom stereocenters. The third kappa shape index (κ3) is 4.50. The minimum absolute atomic E-state index is 0.00277. The molecule has 0 bridgehead atoms. The van der Waals surface area contributed by atoms with E-state index >= 15 is 0 Å². The van der Waals surface area contributed by atoms with Gasteiger partial charge in [0.2, 0.25) is 0 Å². The quantitative estimate of drug-likeness (QED) is 0.868. The molecule has 3 heterocycles. The molecule has 0 radical (unpaired) electrons. The van der Waals surface area contributed by atoms with Crippen molar-refractivity contribution < 1.29 is 9.59 Å². The van der Waals surface area contributed by atoms with Crippen LogP contribution in [0.2, 0.25) is 0 Å². The van der Waals surface area contributed by atoms with E-state index in [0.29, 0.717) is 31.7 Å². The highest BCUT2D eigenvalue weighted by atomic mass is 16.2. The normalized spacial score (nSPS) is 19.3. The molecule has 7 heteroatoms. The largest absolute Gasteiger partial charge is 0.368 e. The Morgan fingerprint density at radius 3 is 2.41 bits per heavy atom. The lowest BCUT2D eigenvalue weighted by atomic mass is 10.2. The van der Waals surface area contributed by atoms with Crippen molar-refractivity contribution in [2.45, 2.75) is 19.4 Å². The average Bonchev–Trinajstić information content (AvgIpc) is 3.23. The van der Waals surface area contributed by atoms with Crippen LogP contribution < -0.4 is 10.2 Å². The Labute approximate surface area is 171 Å². The SMILES string of the molecule is Cc1ccc(C(=O)N2CCC(NC(=O)N3CCN(c4ccccc4)CC3)C2)cn1. The number of pyridine rings is 1. The van der Waals surface area contributed by atoms with Crippen molar-refractivity contribution in [3.8, 4) is 0 Å². The minimum atomic E-state index is -0.0333. The molecule has 1 atom stereocenters. The monoisotopic (exact) mass is 393 g/mol. The Bertz CT molecular complexity index is 847. The Morgan fingerprint density at radius 2 is 1.72 bits per heavy atom. The predicted octanol–water partition coefficient (Wildman–Crippen LogP) is 2.14. The molecule has 1 aromatic carbocycles. The summed E-state index contributed by atoms with van der Waals surface area (Å²) in [6.07, 6.45) is 2.40. The number of para-hydroxylation sites is 1. The van der Waals surface area contributed by atoms with Gasteiger partial charge in [0.05, 0.1) is 5.56 Å². The number of carbonyl (C=O) groups is 2. The number of hydrogen-bond acceptors (Lipinski definition) is 4. The van der Waals surface area contributed by atoms with Crippen LogP contribution in [0.5, 0.6) is 0 Å². The van der Waals surface area contributed by atoms with E-state index in [4.69, 9.17) is 0 Å². The molecule has 4 rings (SSSR count). The number of urea groups is 1. The zero-order valence-corrected chi connectivity index (χ0v) is 16.8. The fourth-order valence-electron chi connectivity index (χ4n) is 3.91. The van der Waals surface area contributed by atoms with Crippen LogP contribution in [0.15, 0.2) is 48.7 Å². The van der Waals surface area contributed by atoms with Crippen LogP contribution in [0.25, 0.3) is 0 Å².